The number of carbonyl (C=O) groups is 1. The number of aromatic nitrogens is 1. The minimum atomic E-state index is -0.000124. The maximum atomic E-state index is 13.0. The van der Waals surface area contributed by atoms with Gasteiger partial charge < -0.3 is 9.80 Å². The molecule has 0 aliphatic carbocycles. The molecule has 1 atom stereocenters. The molecule has 4 rings (SSSR count). The predicted octanol–water partition coefficient (Wildman–Crippen LogP) is 4.05. The molecule has 25 heavy (non-hydrogen) atoms. The zero-order chi connectivity index (χ0) is 17.2. The Bertz CT molecular complexity index is 748. The summed E-state index contributed by atoms with van der Waals surface area (Å²) in [5, 5.41) is 0. The first-order valence-corrected chi connectivity index (χ1v) is 9.36. The average molecular weight is 335 g/mol. The van der Waals surface area contributed by atoms with E-state index in [9.17, 15) is 4.79 Å². The summed E-state index contributed by atoms with van der Waals surface area (Å²) >= 11 is 0. The van der Waals surface area contributed by atoms with Gasteiger partial charge in [0, 0.05) is 24.8 Å². The Hall–Kier alpha value is -2.36. The number of fused-ring (bicyclic) bond motifs is 1. The molecule has 0 N–H and O–H groups in total. The van der Waals surface area contributed by atoms with Gasteiger partial charge in [-0.1, -0.05) is 31.0 Å². The Kier molecular flexibility index (Phi) is 4.43. The van der Waals surface area contributed by atoms with Crippen LogP contribution in [0.1, 0.15) is 48.7 Å². The molecular weight excluding hydrogens is 310 g/mol. The van der Waals surface area contributed by atoms with Gasteiger partial charge in [0.25, 0.3) is 5.91 Å². The SMILES string of the molecule is CC1Cc2ccccc2N1C(=O)c1ccc(N2CCCCCC2)cn1. The number of nitrogens with zero attached hydrogens (tertiary/aromatic N) is 3. The highest BCUT2D eigenvalue weighted by Gasteiger charge is 2.31. The number of anilines is 2. The molecule has 3 heterocycles. The third kappa shape index (κ3) is 3.13. The summed E-state index contributed by atoms with van der Waals surface area (Å²) in [6.45, 7) is 4.28. The fourth-order valence-corrected chi connectivity index (χ4v) is 4.03. The zero-order valence-corrected chi connectivity index (χ0v) is 14.8. The average Bonchev–Trinajstić information content (AvgIpc) is 2.81. The molecule has 1 saturated heterocycles. The van der Waals surface area contributed by atoms with E-state index in [0.717, 1.165) is 30.9 Å². The predicted molar refractivity (Wildman–Crippen MR) is 101 cm³/mol. The lowest BCUT2D eigenvalue weighted by Gasteiger charge is -2.24. The summed E-state index contributed by atoms with van der Waals surface area (Å²) < 4.78 is 0. The van der Waals surface area contributed by atoms with Crippen molar-refractivity contribution in [2.75, 3.05) is 22.9 Å². The van der Waals surface area contributed by atoms with Crippen LogP contribution >= 0.6 is 0 Å². The summed E-state index contributed by atoms with van der Waals surface area (Å²) in [7, 11) is 0. The van der Waals surface area contributed by atoms with Crippen LogP contribution in [0.3, 0.4) is 0 Å². The van der Waals surface area contributed by atoms with Crippen LogP contribution in [0.15, 0.2) is 42.6 Å². The van der Waals surface area contributed by atoms with Gasteiger partial charge in [0.2, 0.25) is 0 Å². The highest BCUT2D eigenvalue weighted by Crippen LogP contribution is 2.33. The largest absolute Gasteiger partial charge is 0.370 e. The van der Waals surface area contributed by atoms with Crippen molar-refractivity contribution in [3.63, 3.8) is 0 Å². The Labute approximate surface area is 149 Å². The van der Waals surface area contributed by atoms with E-state index >= 15 is 0 Å². The van der Waals surface area contributed by atoms with Gasteiger partial charge in [-0.2, -0.15) is 0 Å². The number of hydrogen-bond acceptors (Lipinski definition) is 3. The Morgan fingerprint density at radius 3 is 2.52 bits per heavy atom. The number of pyridine rings is 1. The lowest BCUT2D eigenvalue weighted by molar-refractivity contribution is 0.0976. The highest BCUT2D eigenvalue weighted by molar-refractivity contribution is 6.06. The van der Waals surface area contributed by atoms with Crippen LogP contribution < -0.4 is 9.80 Å². The Morgan fingerprint density at radius 1 is 1.04 bits per heavy atom. The molecule has 4 nitrogen and oxygen atoms in total. The lowest BCUT2D eigenvalue weighted by atomic mass is 10.1. The number of amides is 1. The molecule has 0 spiro atoms. The minimum absolute atomic E-state index is 0.000124. The molecule has 1 aromatic carbocycles. The fraction of sp³-hybridized carbons (Fsp3) is 0.429. The van der Waals surface area contributed by atoms with Gasteiger partial charge in [-0.3, -0.25) is 4.79 Å². The molecule has 1 aromatic heterocycles. The van der Waals surface area contributed by atoms with Gasteiger partial charge in [0.05, 0.1) is 11.9 Å². The first-order chi connectivity index (χ1) is 12.2. The summed E-state index contributed by atoms with van der Waals surface area (Å²) in [4.78, 5) is 21.8. The Balaban J connectivity index is 1.55. The van der Waals surface area contributed by atoms with Crippen molar-refractivity contribution in [2.45, 2.75) is 45.1 Å². The molecule has 1 fully saturated rings. The first kappa shape index (κ1) is 16.1. The molecule has 0 bridgehead atoms. The maximum Gasteiger partial charge on any atom is 0.277 e. The zero-order valence-electron chi connectivity index (χ0n) is 14.8. The number of benzene rings is 1. The molecule has 130 valence electrons. The topological polar surface area (TPSA) is 36.4 Å². The summed E-state index contributed by atoms with van der Waals surface area (Å²) in [5.41, 5.74) is 3.93. The van der Waals surface area contributed by atoms with E-state index in [1.165, 1.54) is 31.2 Å². The third-order valence-electron chi connectivity index (χ3n) is 5.36. The molecule has 0 saturated carbocycles. The lowest BCUT2D eigenvalue weighted by Crippen LogP contribution is -2.36. The van der Waals surface area contributed by atoms with Crippen molar-refractivity contribution >= 4 is 17.3 Å². The third-order valence-corrected chi connectivity index (χ3v) is 5.36. The standard InChI is InChI=1S/C21H25N3O/c1-16-14-17-8-4-5-9-20(17)24(16)21(25)19-11-10-18(15-22-19)23-12-6-2-3-7-13-23/h4-5,8-11,15-16H,2-3,6-7,12-14H2,1H3. The van der Waals surface area contributed by atoms with Gasteiger partial charge in [0.1, 0.15) is 5.69 Å². The van der Waals surface area contributed by atoms with E-state index in [0.29, 0.717) is 5.69 Å². The highest BCUT2D eigenvalue weighted by atomic mass is 16.2. The molecule has 1 unspecified atom stereocenters. The van der Waals surface area contributed by atoms with E-state index in [-0.39, 0.29) is 11.9 Å². The normalized spacial score (nSPS) is 20.3. The quantitative estimate of drug-likeness (QED) is 0.830. The van der Waals surface area contributed by atoms with Crippen molar-refractivity contribution < 1.29 is 4.79 Å². The Morgan fingerprint density at radius 2 is 1.80 bits per heavy atom. The van der Waals surface area contributed by atoms with Crippen molar-refractivity contribution in [3.8, 4) is 0 Å². The van der Waals surface area contributed by atoms with E-state index in [1.54, 1.807) is 0 Å². The van der Waals surface area contributed by atoms with Crippen molar-refractivity contribution in [1.29, 1.82) is 0 Å². The van der Waals surface area contributed by atoms with Crippen LogP contribution in [0.4, 0.5) is 11.4 Å². The summed E-state index contributed by atoms with van der Waals surface area (Å²) in [6, 6.07) is 12.3. The van der Waals surface area contributed by atoms with Gasteiger partial charge in [-0.15, -0.1) is 0 Å². The van der Waals surface area contributed by atoms with E-state index in [1.807, 2.05) is 35.4 Å². The number of carbonyl (C=O) groups excluding carboxylic acids is 1. The van der Waals surface area contributed by atoms with E-state index < -0.39 is 0 Å². The molecular formula is C21H25N3O. The molecule has 2 aliphatic rings. The second-order valence-electron chi connectivity index (χ2n) is 7.16. The second kappa shape index (κ2) is 6.87. The van der Waals surface area contributed by atoms with Gasteiger partial charge in [-0.05, 0) is 49.9 Å². The smallest absolute Gasteiger partial charge is 0.277 e. The van der Waals surface area contributed by atoms with Crippen LogP contribution in [0, 0.1) is 0 Å². The molecule has 2 aromatic rings. The summed E-state index contributed by atoms with van der Waals surface area (Å²) in [6.07, 6.45) is 7.88. The van der Waals surface area contributed by atoms with E-state index in [4.69, 9.17) is 0 Å². The van der Waals surface area contributed by atoms with Crippen LogP contribution in [-0.2, 0) is 6.42 Å². The molecule has 0 radical (unpaired) electrons. The second-order valence-corrected chi connectivity index (χ2v) is 7.16. The summed E-state index contributed by atoms with van der Waals surface area (Å²) in [5.74, 6) is -0.000124. The van der Waals surface area contributed by atoms with Crippen molar-refractivity contribution in [1.82, 2.24) is 4.98 Å². The molecule has 4 heteroatoms. The first-order valence-electron chi connectivity index (χ1n) is 9.36. The van der Waals surface area contributed by atoms with Crippen LogP contribution in [0.2, 0.25) is 0 Å². The van der Waals surface area contributed by atoms with Crippen molar-refractivity contribution in [2.24, 2.45) is 0 Å². The van der Waals surface area contributed by atoms with Crippen LogP contribution in [0.25, 0.3) is 0 Å². The van der Waals surface area contributed by atoms with Gasteiger partial charge >= 0.3 is 0 Å². The maximum absolute atomic E-state index is 13.0. The number of rotatable bonds is 2. The van der Waals surface area contributed by atoms with Crippen molar-refractivity contribution in [3.05, 3.63) is 53.9 Å². The molecule has 2 aliphatic heterocycles. The van der Waals surface area contributed by atoms with E-state index in [2.05, 4.69) is 28.9 Å². The monoisotopic (exact) mass is 335 g/mol. The molecule has 1 amide bonds. The number of para-hydroxylation sites is 1. The van der Waals surface area contributed by atoms with Gasteiger partial charge in [-0.25, -0.2) is 4.98 Å². The van der Waals surface area contributed by atoms with Crippen LogP contribution in [-0.4, -0.2) is 30.0 Å². The number of hydrogen-bond donors (Lipinski definition) is 0. The fourth-order valence-electron chi connectivity index (χ4n) is 4.03. The minimum Gasteiger partial charge on any atom is -0.370 e. The van der Waals surface area contributed by atoms with Gasteiger partial charge in [0.15, 0.2) is 0 Å². The van der Waals surface area contributed by atoms with Crippen LogP contribution in [0.5, 0.6) is 0 Å².